The van der Waals surface area contributed by atoms with Gasteiger partial charge in [-0.25, -0.2) is 0 Å². The standard InChI is InChI=1S/2C42H27NO.C36H23NO/c1-4-15-33-28(10-1)13-7-18-34(33)31-22-25-32(26-23-31)43(38-19-8-14-29-11-2-5-16-35(29)38)39-20-9-21-40-41(39)37-27-24-30-12-3-6-17-36(30)42(37)44-40;1-2-10-28(11-3-1)31-20-21-33-27-34(24-22-32(33)26-31)43(38-17-8-14-29-12-4-6-15-35(29)38)39-18-9-19-40-41(39)37-25-23-30-13-5-7-16-36(30)42(37)44-40;1-4-15-27-24(10-1)13-7-18-31(27)37(32-19-8-14-25-11-2-5-16-28(25)32)33-20-9-21-34-35(33)30-23-22-26-12-3-6-17-29(26)36(30)38-34/h2*1-27H;1-23H. The number of anilines is 9. The van der Waals surface area contributed by atoms with Gasteiger partial charge in [0.1, 0.15) is 33.5 Å². The molecule has 0 saturated carbocycles. The second kappa shape index (κ2) is 30.7. The minimum absolute atomic E-state index is 0.881. The molecule has 0 unspecified atom stereocenters. The molecule has 3 heterocycles. The first-order valence-corrected chi connectivity index (χ1v) is 43.0. The summed E-state index contributed by atoms with van der Waals surface area (Å²) in [6, 6.07) is 167. The first-order valence-electron chi connectivity index (χ1n) is 43.0. The molecular formula is C120H77N3O3. The Morgan fingerprint density at radius 2 is 0.421 bits per heavy atom. The summed E-state index contributed by atoms with van der Waals surface area (Å²) < 4.78 is 19.8. The van der Waals surface area contributed by atoms with Gasteiger partial charge < -0.3 is 28.0 Å². The van der Waals surface area contributed by atoms with Gasteiger partial charge in [0.15, 0.2) is 0 Å². The summed E-state index contributed by atoms with van der Waals surface area (Å²) in [5.74, 6) is 0. The maximum absolute atomic E-state index is 6.61. The fourth-order valence-corrected chi connectivity index (χ4v) is 19.4. The summed E-state index contributed by atoms with van der Waals surface area (Å²) >= 11 is 0. The Labute approximate surface area is 726 Å². The molecule has 3 aromatic heterocycles. The zero-order chi connectivity index (χ0) is 83.1. The molecule has 0 fully saturated rings. The van der Waals surface area contributed by atoms with Crippen LogP contribution in [-0.4, -0.2) is 0 Å². The molecule has 0 bridgehead atoms. The molecule has 0 N–H and O–H groups in total. The van der Waals surface area contributed by atoms with E-state index in [1.54, 1.807) is 0 Å². The van der Waals surface area contributed by atoms with E-state index in [1.165, 1.54) is 103 Å². The third-order valence-electron chi connectivity index (χ3n) is 25.3. The molecule has 590 valence electrons. The van der Waals surface area contributed by atoms with Gasteiger partial charge in [-0.1, -0.05) is 358 Å². The van der Waals surface area contributed by atoms with Crippen LogP contribution in [0.4, 0.5) is 51.2 Å². The first kappa shape index (κ1) is 73.1. The van der Waals surface area contributed by atoms with Crippen molar-refractivity contribution in [3.8, 4) is 22.3 Å². The number of rotatable bonds is 11. The highest BCUT2D eigenvalue weighted by molar-refractivity contribution is 6.24. The van der Waals surface area contributed by atoms with Gasteiger partial charge >= 0.3 is 0 Å². The van der Waals surface area contributed by atoms with Crippen molar-refractivity contribution >= 4 is 214 Å². The Bertz CT molecular complexity index is 8680. The zero-order valence-electron chi connectivity index (χ0n) is 68.5. The Kier molecular flexibility index (Phi) is 17.8. The number of hydrogen-bond donors (Lipinski definition) is 0. The van der Waals surface area contributed by atoms with Crippen molar-refractivity contribution in [3.63, 3.8) is 0 Å². The second-order valence-electron chi connectivity index (χ2n) is 32.4. The summed E-state index contributed by atoms with van der Waals surface area (Å²) in [4.78, 5) is 7.21. The van der Waals surface area contributed by atoms with Crippen molar-refractivity contribution < 1.29 is 13.3 Å². The van der Waals surface area contributed by atoms with Crippen LogP contribution in [-0.2, 0) is 0 Å². The number of benzene rings is 23. The maximum Gasteiger partial charge on any atom is 0.143 e. The third-order valence-corrected chi connectivity index (χ3v) is 25.3. The van der Waals surface area contributed by atoms with Gasteiger partial charge in [0, 0.05) is 65.2 Å². The van der Waals surface area contributed by atoms with Crippen LogP contribution in [0, 0.1) is 0 Å². The van der Waals surface area contributed by atoms with Crippen LogP contribution in [0.15, 0.2) is 480 Å². The van der Waals surface area contributed by atoms with Crippen molar-refractivity contribution in [2.45, 2.75) is 0 Å². The lowest BCUT2D eigenvalue weighted by Crippen LogP contribution is -2.11. The Hall–Kier alpha value is -16.8. The van der Waals surface area contributed by atoms with Crippen LogP contribution in [0.2, 0.25) is 0 Å². The summed E-state index contributed by atoms with van der Waals surface area (Å²) in [7, 11) is 0. The molecule has 0 amide bonds. The smallest absolute Gasteiger partial charge is 0.143 e. The third kappa shape index (κ3) is 12.6. The molecule has 26 rings (SSSR count). The average molecular weight is 1610 g/mol. The topological polar surface area (TPSA) is 49.1 Å². The molecule has 0 saturated heterocycles. The van der Waals surface area contributed by atoms with Gasteiger partial charge in [0.05, 0.1) is 56.0 Å². The highest BCUT2D eigenvalue weighted by atomic mass is 16.3. The highest BCUT2D eigenvalue weighted by Crippen LogP contribution is 2.52. The summed E-state index contributed by atoms with van der Waals surface area (Å²) in [6.45, 7) is 0. The van der Waals surface area contributed by atoms with Crippen LogP contribution >= 0.6 is 0 Å². The van der Waals surface area contributed by atoms with Gasteiger partial charge in [0.25, 0.3) is 0 Å². The predicted molar refractivity (Wildman–Crippen MR) is 534 cm³/mol. The van der Waals surface area contributed by atoms with Crippen molar-refractivity contribution in [3.05, 3.63) is 467 Å². The van der Waals surface area contributed by atoms with Gasteiger partial charge in [0.2, 0.25) is 0 Å². The summed E-state index contributed by atoms with van der Waals surface area (Å²) in [6.07, 6.45) is 0. The van der Waals surface area contributed by atoms with E-state index in [2.05, 4.69) is 482 Å². The Morgan fingerprint density at radius 1 is 0.143 bits per heavy atom. The maximum atomic E-state index is 6.61. The monoisotopic (exact) mass is 1610 g/mol. The van der Waals surface area contributed by atoms with E-state index in [0.29, 0.717) is 0 Å². The molecule has 6 heteroatoms. The van der Waals surface area contributed by atoms with Gasteiger partial charge in [-0.05, 0) is 191 Å². The first-order chi connectivity index (χ1) is 62.5. The average Bonchev–Trinajstić information content (AvgIpc) is 1.56. The summed E-state index contributed by atoms with van der Waals surface area (Å²) in [5, 5.41) is 28.2. The lowest BCUT2D eigenvalue weighted by Gasteiger charge is -2.28. The second-order valence-corrected chi connectivity index (χ2v) is 32.4. The van der Waals surface area contributed by atoms with Crippen molar-refractivity contribution in [1.82, 2.24) is 0 Å². The minimum Gasteiger partial charge on any atom is -0.455 e. The van der Waals surface area contributed by atoms with Crippen LogP contribution in [0.3, 0.4) is 0 Å². The molecule has 0 aliphatic heterocycles. The largest absolute Gasteiger partial charge is 0.455 e. The van der Waals surface area contributed by atoms with E-state index < -0.39 is 0 Å². The molecule has 23 aromatic carbocycles. The molecule has 0 aliphatic carbocycles. The molecule has 0 aliphatic rings. The van der Waals surface area contributed by atoms with Gasteiger partial charge in [-0.15, -0.1) is 0 Å². The molecule has 126 heavy (non-hydrogen) atoms. The fourth-order valence-electron chi connectivity index (χ4n) is 19.4. The fraction of sp³-hybridized carbons (Fsp3) is 0. The zero-order valence-corrected chi connectivity index (χ0v) is 68.5. The SMILES string of the molecule is c1ccc(-c2ccc3cc(N(c4cccc5ccccc45)c4cccc5oc6c7ccccc7ccc6c45)ccc3c2)cc1.c1ccc2c(-c3ccc(N(c4cccc5ccccc45)c4cccc5oc6c7ccccc7ccc6c45)cc3)cccc2c1.c1ccc2c(N(c3cccc4ccccc34)c3cccc4oc5c6ccccc6ccc5c34)cccc2c1. The van der Waals surface area contributed by atoms with E-state index in [4.69, 9.17) is 13.3 Å². The van der Waals surface area contributed by atoms with Gasteiger partial charge in [-0.2, -0.15) is 0 Å². The molecule has 0 radical (unpaired) electrons. The number of nitrogens with zero attached hydrogens (tertiary/aromatic N) is 3. The molecule has 6 nitrogen and oxygen atoms in total. The van der Waals surface area contributed by atoms with E-state index in [0.717, 1.165) is 133 Å². The number of fused-ring (bicyclic) bond motifs is 21. The number of furan rings is 3. The van der Waals surface area contributed by atoms with Crippen LogP contribution in [0.5, 0.6) is 0 Å². The van der Waals surface area contributed by atoms with Gasteiger partial charge in [-0.3, -0.25) is 0 Å². The number of hydrogen-bond acceptors (Lipinski definition) is 6. The predicted octanol–water partition coefficient (Wildman–Crippen LogP) is 34.9. The Balaban J connectivity index is 0.000000106. The lowest BCUT2D eigenvalue weighted by atomic mass is 9.97. The quantitative estimate of drug-likeness (QED) is 0.129. The summed E-state index contributed by atoms with van der Waals surface area (Å²) in [5.41, 5.74) is 20.3. The van der Waals surface area contributed by atoms with E-state index in [9.17, 15) is 0 Å². The highest BCUT2D eigenvalue weighted by Gasteiger charge is 2.27. The minimum atomic E-state index is 0.881. The molecular weight excluding hydrogens is 1530 g/mol. The van der Waals surface area contributed by atoms with E-state index in [1.807, 2.05) is 0 Å². The lowest BCUT2D eigenvalue weighted by molar-refractivity contribution is 0.672. The Morgan fingerprint density at radius 3 is 0.841 bits per heavy atom. The van der Waals surface area contributed by atoms with Crippen molar-refractivity contribution in [2.24, 2.45) is 0 Å². The molecule has 0 spiro atoms. The molecule has 26 aromatic rings. The molecule has 0 atom stereocenters. The van der Waals surface area contributed by atoms with Crippen molar-refractivity contribution in [1.29, 1.82) is 0 Å². The normalized spacial score (nSPS) is 11.7. The van der Waals surface area contributed by atoms with Crippen LogP contribution in [0.1, 0.15) is 0 Å². The van der Waals surface area contributed by atoms with E-state index >= 15 is 0 Å². The van der Waals surface area contributed by atoms with Crippen LogP contribution < -0.4 is 14.7 Å². The van der Waals surface area contributed by atoms with Crippen molar-refractivity contribution in [2.75, 3.05) is 14.7 Å². The van der Waals surface area contributed by atoms with E-state index in [-0.39, 0.29) is 0 Å². The van der Waals surface area contributed by atoms with Crippen LogP contribution in [0.25, 0.3) is 185 Å².